The fraction of sp³-hybridized carbons (Fsp3) is 0.400. The molecule has 21 heavy (non-hydrogen) atoms. The first-order chi connectivity index (χ1) is 10.1. The molecule has 0 bridgehead atoms. The average molecular weight is 289 g/mol. The van der Waals surface area contributed by atoms with Crippen LogP contribution in [0.15, 0.2) is 30.5 Å². The minimum absolute atomic E-state index is 0.0627. The first-order valence-corrected chi connectivity index (χ1v) is 6.96. The van der Waals surface area contributed by atoms with Crippen molar-refractivity contribution in [2.75, 3.05) is 18.1 Å². The van der Waals surface area contributed by atoms with Gasteiger partial charge in [-0.15, -0.1) is 0 Å². The van der Waals surface area contributed by atoms with Gasteiger partial charge in [0.1, 0.15) is 5.52 Å². The number of nitro groups is 1. The van der Waals surface area contributed by atoms with E-state index >= 15 is 0 Å². The van der Waals surface area contributed by atoms with Gasteiger partial charge in [-0.25, -0.2) is 0 Å². The molecule has 0 saturated heterocycles. The van der Waals surface area contributed by atoms with Crippen LogP contribution in [0.4, 0.5) is 11.4 Å². The van der Waals surface area contributed by atoms with E-state index in [1.807, 2.05) is 13.8 Å². The summed E-state index contributed by atoms with van der Waals surface area (Å²) in [4.78, 5) is 17.2. The topological polar surface area (TPSA) is 79.5 Å². The first kappa shape index (κ1) is 15.2. The summed E-state index contributed by atoms with van der Waals surface area (Å²) in [6.07, 6.45) is 2.28. The second kappa shape index (κ2) is 6.49. The number of aliphatic hydroxyl groups excluding tert-OH is 1. The molecule has 1 aromatic heterocycles. The number of benzene rings is 1. The largest absolute Gasteiger partial charge is 0.396 e. The van der Waals surface area contributed by atoms with Gasteiger partial charge in [0.25, 0.3) is 5.69 Å². The number of aliphatic hydroxyl groups is 1. The molecule has 0 radical (unpaired) electrons. The summed E-state index contributed by atoms with van der Waals surface area (Å²) in [5.41, 5.74) is 1.55. The normalized spacial score (nSPS) is 11.0. The maximum atomic E-state index is 11.1. The highest BCUT2D eigenvalue weighted by atomic mass is 16.6. The number of non-ortho nitro benzene ring substituents is 1. The minimum atomic E-state index is -0.388. The highest BCUT2D eigenvalue weighted by molar-refractivity contribution is 5.97. The van der Waals surface area contributed by atoms with Crippen LogP contribution < -0.4 is 4.90 Å². The van der Waals surface area contributed by atoms with Gasteiger partial charge in [0.05, 0.1) is 16.0 Å². The fourth-order valence-electron chi connectivity index (χ4n) is 2.43. The number of nitrogens with zero attached hydrogens (tertiary/aromatic N) is 3. The summed E-state index contributed by atoms with van der Waals surface area (Å²) < 4.78 is 0. The summed E-state index contributed by atoms with van der Waals surface area (Å²) in [6.45, 7) is 4.89. The van der Waals surface area contributed by atoms with Crippen molar-refractivity contribution in [3.63, 3.8) is 0 Å². The molecule has 1 heterocycles. The highest BCUT2D eigenvalue weighted by Crippen LogP contribution is 2.32. The first-order valence-electron chi connectivity index (χ1n) is 6.96. The lowest BCUT2D eigenvalue weighted by atomic mass is 10.1. The molecule has 6 nitrogen and oxygen atoms in total. The Labute approximate surface area is 123 Å². The number of hydrogen-bond donors (Lipinski definition) is 1. The van der Waals surface area contributed by atoms with Crippen LogP contribution >= 0.6 is 0 Å². The Morgan fingerprint density at radius 1 is 1.38 bits per heavy atom. The molecule has 0 spiro atoms. The molecule has 0 aliphatic rings. The molecule has 6 heteroatoms. The van der Waals surface area contributed by atoms with Gasteiger partial charge < -0.3 is 10.0 Å². The Morgan fingerprint density at radius 3 is 2.76 bits per heavy atom. The molecule has 1 aromatic carbocycles. The number of nitro benzene ring substituents is 1. The zero-order chi connectivity index (χ0) is 15.4. The Kier molecular flexibility index (Phi) is 4.70. The van der Waals surface area contributed by atoms with Crippen LogP contribution in [0, 0.1) is 10.1 Å². The van der Waals surface area contributed by atoms with Crippen LogP contribution in [0.25, 0.3) is 10.9 Å². The molecule has 2 aromatic rings. The van der Waals surface area contributed by atoms with E-state index in [0.717, 1.165) is 5.69 Å². The lowest BCUT2D eigenvalue weighted by molar-refractivity contribution is -0.383. The van der Waals surface area contributed by atoms with Gasteiger partial charge in [-0.1, -0.05) is 0 Å². The van der Waals surface area contributed by atoms with Crippen LogP contribution in [0.5, 0.6) is 0 Å². The van der Waals surface area contributed by atoms with E-state index in [4.69, 9.17) is 5.11 Å². The molecule has 0 saturated carbocycles. The van der Waals surface area contributed by atoms with Crippen LogP contribution in [-0.2, 0) is 0 Å². The molecule has 0 fully saturated rings. The number of pyridine rings is 1. The van der Waals surface area contributed by atoms with E-state index in [9.17, 15) is 10.1 Å². The quantitative estimate of drug-likeness (QED) is 0.653. The number of aromatic nitrogens is 1. The molecule has 1 N–H and O–H groups in total. The van der Waals surface area contributed by atoms with Crippen molar-refractivity contribution in [2.45, 2.75) is 26.3 Å². The second-order valence-corrected chi connectivity index (χ2v) is 5.12. The van der Waals surface area contributed by atoms with Crippen LogP contribution in [0.2, 0.25) is 0 Å². The summed E-state index contributed by atoms with van der Waals surface area (Å²) >= 11 is 0. The smallest absolute Gasteiger partial charge is 0.278 e. The predicted molar refractivity (Wildman–Crippen MR) is 82.6 cm³/mol. The number of anilines is 1. The number of rotatable bonds is 6. The number of hydrogen-bond acceptors (Lipinski definition) is 5. The maximum Gasteiger partial charge on any atom is 0.278 e. The standard InChI is InChI=1S/C15H19N3O3/c1-11(2)17(9-4-10-19)14-7-6-13(18(20)21)12-5-3-8-16-15(12)14/h3,5-8,11,19H,4,9-10H2,1-2H3. The van der Waals surface area contributed by atoms with E-state index in [1.165, 1.54) is 6.07 Å². The SMILES string of the molecule is CC(C)N(CCCO)c1ccc([N+](=O)[O-])c2cccnc12. The number of fused-ring (bicyclic) bond motifs is 1. The van der Waals surface area contributed by atoms with Crippen LogP contribution in [0.1, 0.15) is 20.3 Å². The molecular weight excluding hydrogens is 270 g/mol. The lowest BCUT2D eigenvalue weighted by Gasteiger charge is -2.29. The summed E-state index contributed by atoms with van der Waals surface area (Å²) in [5.74, 6) is 0. The van der Waals surface area contributed by atoms with Gasteiger partial charge in [-0.2, -0.15) is 0 Å². The molecule has 0 aliphatic heterocycles. The molecule has 0 amide bonds. The lowest BCUT2D eigenvalue weighted by Crippen LogP contribution is -2.32. The Hall–Kier alpha value is -2.21. The zero-order valence-corrected chi connectivity index (χ0v) is 12.2. The van der Waals surface area contributed by atoms with Gasteiger partial charge in [0.15, 0.2) is 0 Å². The van der Waals surface area contributed by atoms with E-state index in [2.05, 4.69) is 9.88 Å². The van der Waals surface area contributed by atoms with Crippen molar-refractivity contribution in [1.82, 2.24) is 4.98 Å². The molecular formula is C15H19N3O3. The molecule has 112 valence electrons. The molecule has 2 rings (SSSR count). The minimum Gasteiger partial charge on any atom is -0.396 e. The zero-order valence-electron chi connectivity index (χ0n) is 12.2. The van der Waals surface area contributed by atoms with Gasteiger partial charge in [-0.3, -0.25) is 15.1 Å². The van der Waals surface area contributed by atoms with Crippen molar-refractivity contribution in [1.29, 1.82) is 0 Å². The maximum absolute atomic E-state index is 11.1. The summed E-state index contributed by atoms with van der Waals surface area (Å²) in [6, 6.07) is 6.89. The Bertz CT molecular complexity index is 643. The molecule has 0 aliphatic carbocycles. The van der Waals surface area contributed by atoms with E-state index in [0.29, 0.717) is 23.9 Å². The van der Waals surface area contributed by atoms with Gasteiger partial charge >= 0.3 is 0 Å². The van der Waals surface area contributed by atoms with Crippen molar-refractivity contribution in [3.05, 3.63) is 40.6 Å². The van der Waals surface area contributed by atoms with Crippen LogP contribution in [-0.4, -0.2) is 34.2 Å². The third-order valence-corrected chi connectivity index (χ3v) is 3.41. The van der Waals surface area contributed by atoms with Crippen molar-refractivity contribution in [2.24, 2.45) is 0 Å². The third kappa shape index (κ3) is 3.11. The molecule has 0 unspecified atom stereocenters. The van der Waals surface area contributed by atoms with Gasteiger partial charge in [0, 0.05) is 31.5 Å². The highest BCUT2D eigenvalue weighted by Gasteiger charge is 2.19. The van der Waals surface area contributed by atoms with Crippen LogP contribution in [0.3, 0.4) is 0 Å². The van der Waals surface area contributed by atoms with Gasteiger partial charge in [0.2, 0.25) is 0 Å². The van der Waals surface area contributed by atoms with Crippen molar-refractivity contribution < 1.29 is 10.0 Å². The Morgan fingerprint density at radius 2 is 2.14 bits per heavy atom. The summed E-state index contributed by atoms with van der Waals surface area (Å²) in [5, 5.41) is 20.7. The third-order valence-electron chi connectivity index (χ3n) is 3.41. The van der Waals surface area contributed by atoms with Crippen molar-refractivity contribution >= 4 is 22.3 Å². The second-order valence-electron chi connectivity index (χ2n) is 5.12. The molecule has 0 atom stereocenters. The van der Waals surface area contributed by atoms with Crippen molar-refractivity contribution in [3.8, 4) is 0 Å². The van der Waals surface area contributed by atoms with Gasteiger partial charge in [-0.05, 0) is 38.5 Å². The average Bonchev–Trinajstić information content (AvgIpc) is 2.47. The van der Waals surface area contributed by atoms with E-state index in [1.54, 1.807) is 24.4 Å². The predicted octanol–water partition coefficient (Wildman–Crippen LogP) is 2.74. The Balaban J connectivity index is 2.58. The van der Waals surface area contributed by atoms with E-state index < -0.39 is 0 Å². The van der Waals surface area contributed by atoms with E-state index in [-0.39, 0.29) is 23.3 Å². The fourth-order valence-corrected chi connectivity index (χ4v) is 2.43. The summed E-state index contributed by atoms with van der Waals surface area (Å²) in [7, 11) is 0. The monoisotopic (exact) mass is 289 g/mol.